The fraction of sp³-hybridized carbons (Fsp3) is 0.176. The summed E-state index contributed by atoms with van der Waals surface area (Å²) in [6.45, 7) is 1.06. The van der Waals surface area contributed by atoms with Crippen LogP contribution in [0.25, 0.3) is 11.3 Å². The van der Waals surface area contributed by atoms with Crippen molar-refractivity contribution in [1.82, 2.24) is 9.97 Å². The molecule has 0 bridgehead atoms. The number of sulfone groups is 1. The third kappa shape index (κ3) is 3.35. The van der Waals surface area contributed by atoms with Crippen LogP contribution in [-0.4, -0.2) is 31.6 Å². The number of aromatic nitrogens is 2. The van der Waals surface area contributed by atoms with Gasteiger partial charge in [-0.3, -0.25) is 0 Å². The largest absolute Gasteiger partial charge is 0.486 e. The number of pyridine rings is 1. The second-order valence-corrected chi connectivity index (χ2v) is 8.29. The van der Waals surface area contributed by atoms with E-state index < -0.39 is 9.84 Å². The van der Waals surface area contributed by atoms with E-state index >= 15 is 0 Å². The number of thiazole rings is 1. The van der Waals surface area contributed by atoms with Crippen LogP contribution in [0.4, 0.5) is 0 Å². The van der Waals surface area contributed by atoms with E-state index in [1.807, 2.05) is 23.6 Å². The highest BCUT2D eigenvalue weighted by atomic mass is 32.2. The van der Waals surface area contributed by atoms with E-state index in [0.29, 0.717) is 35.4 Å². The zero-order valence-electron chi connectivity index (χ0n) is 13.1. The summed E-state index contributed by atoms with van der Waals surface area (Å²) in [6.07, 6.45) is 1.47. The van der Waals surface area contributed by atoms with Gasteiger partial charge in [0.05, 0.1) is 5.69 Å². The molecule has 3 aromatic rings. The van der Waals surface area contributed by atoms with Crippen LogP contribution >= 0.6 is 11.3 Å². The Bertz CT molecular complexity index is 1000. The van der Waals surface area contributed by atoms with Gasteiger partial charge < -0.3 is 9.47 Å². The molecular formula is C17H14N2O4S2. The van der Waals surface area contributed by atoms with Crippen molar-refractivity contribution >= 4 is 21.2 Å². The summed E-state index contributed by atoms with van der Waals surface area (Å²) < 4.78 is 35.9. The van der Waals surface area contributed by atoms with E-state index in [2.05, 4.69) is 9.97 Å². The van der Waals surface area contributed by atoms with Crippen LogP contribution < -0.4 is 9.47 Å². The predicted octanol–water partition coefficient (Wildman–Crippen LogP) is 2.95. The molecule has 4 rings (SSSR count). The predicted molar refractivity (Wildman–Crippen MR) is 93.7 cm³/mol. The number of rotatable bonds is 4. The van der Waals surface area contributed by atoms with Gasteiger partial charge in [0.1, 0.15) is 24.0 Å². The van der Waals surface area contributed by atoms with Gasteiger partial charge in [0.25, 0.3) is 0 Å². The summed E-state index contributed by atoms with van der Waals surface area (Å²) in [5, 5.41) is 2.43. The number of ether oxygens (including phenoxy) is 2. The molecule has 2 aromatic heterocycles. The summed E-state index contributed by atoms with van der Waals surface area (Å²) in [6, 6.07) is 10.4. The third-order valence-corrected chi connectivity index (χ3v) is 6.22. The Morgan fingerprint density at radius 2 is 1.92 bits per heavy atom. The zero-order chi connectivity index (χ0) is 17.3. The molecule has 1 aromatic carbocycles. The van der Waals surface area contributed by atoms with Gasteiger partial charge in [-0.1, -0.05) is 6.07 Å². The molecule has 0 unspecified atom stereocenters. The molecule has 0 fully saturated rings. The van der Waals surface area contributed by atoms with Gasteiger partial charge in [0.15, 0.2) is 16.5 Å². The van der Waals surface area contributed by atoms with Gasteiger partial charge in [-0.15, -0.1) is 11.3 Å². The third-order valence-electron chi connectivity index (χ3n) is 3.66. The lowest BCUT2D eigenvalue weighted by atomic mass is 10.1. The summed E-state index contributed by atoms with van der Waals surface area (Å²) >= 11 is 1.31. The average molecular weight is 374 g/mol. The molecule has 1 aliphatic heterocycles. The van der Waals surface area contributed by atoms with E-state index in [0.717, 1.165) is 5.56 Å². The SMILES string of the molecule is O=S(=O)(Cc1nc(-c2ccc3c(c2)OCCO3)cs1)c1ccccn1. The number of fused-ring (bicyclic) bond motifs is 1. The Morgan fingerprint density at radius 3 is 2.72 bits per heavy atom. The highest BCUT2D eigenvalue weighted by Gasteiger charge is 2.19. The minimum atomic E-state index is -3.50. The Kier molecular flexibility index (Phi) is 4.14. The van der Waals surface area contributed by atoms with Crippen LogP contribution in [0.15, 0.2) is 53.0 Å². The van der Waals surface area contributed by atoms with Gasteiger partial charge >= 0.3 is 0 Å². The summed E-state index contributed by atoms with van der Waals surface area (Å²) in [5.74, 6) is 1.22. The first-order valence-electron chi connectivity index (χ1n) is 7.60. The van der Waals surface area contributed by atoms with Crippen molar-refractivity contribution in [3.63, 3.8) is 0 Å². The lowest BCUT2D eigenvalue weighted by molar-refractivity contribution is 0.171. The summed E-state index contributed by atoms with van der Waals surface area (Å²) in [5.41, 5.74) is 1.58. The van der Waals surface area contributed by atoms with Crippen LogP contribution in [0.2, 0.25) is 0 Å². The van der Waals surface area contributed by atoms with Crippen LogP contribution in [0, 0.1) is 0 Å². The molecule has 0 spiro atoms. The molecular weight excluding hydrogens is 360 g/mol. The van der Waals surface area contributed by atoms with Crippen molar-refractivity contribution in [3.05, 3.63) is 53.0 Å². The lowest BCUT2D eigenvalue weighted by Crippen LogP contribution is -2.15. The monoisotopic (exact) mass is 374 g/mol. The first-order chi connectivity index (χ1) is 12.1. The minimum absolute atomic E-state index is 0.0612. The molecule has 1 aliphatic rings. The maximum Gasteiger partial charge on any atom is 0.202 e. The van der Waals surface area contributed by atoms with Crippen LogP contribution in [0.1, 0.15) is 5.01 Å². The minimum Gasteiger partial charge on any atom is -0.486 e. The van der Waals surface area contributed by atoms with Gasteiger partial charge in [-0.05, 0) is 30.3 Å². The number of nitrogens with zero attached hydrogens (tertiary/aromatic N) is 2. The van der Waals surface area contributed by atoms with E-state index in [1.165, 1.54) is 23.6 Å². The molecule has 8 heteroatoms. The average Bonchev–Trinajstić information content (AvgIpc) is 3.10. The standard InChI is InChI=1S/C17H14N2O4S2/c20-25(21,17-3-1-2-6-18-17)11-16-19-13(10-24-16)12-4-5-14-15(9-12)23-8-7-22-14/h1-6,9-10H,7-8,11H2. The molecule has 25 heavy (non-hydrogen) atoms. The molecule has 6 nitrogen and oxygen atoms in total. The quantitative estimate of drug-likeness (QED) is 0.699. The Morgan fingerprint density at radius 1 is 1.08 bits per heavy atom. The van der Waals surface area contributed by atoms with Crippen LogP contribution in [-0.2, 0) is 15.6 Å². The van der Waals surface area contributed by atoms with E-state index in [9.17, 15) is 8.42 Å². The van der Waals surface area contributed by atoms with E-state index in [4.69, 9.17) is 9.47 Å². The normalized spacial score (nSPS) is 13.6. The smallest absolute Gasteiger partial charge is 0.202 e. The molecule has 0 saturated carbocycles. The second-order valence-electron chi connectivity index (χ2n) is 5.41. The van der Waals surface area contributed by atoms with Crippen LogP contribution in [0.3, 0.4) is 0 Å². The number of hydrogen-bond acceptors (Lipinski definition) is 7. The van der Waals surface area contributed by atoms with Gasteiger partial charge in [-0.2, -0.15) is 0 Å². The lowest BCUT2D eigenvalue weighted by Gasteiger charge is -2.18. The van der Waals surface area contributed by atoms with Crippen LogP contribution in [0.5, 0.6) is 11.5 Å². The number of benzene rings is 1. The van der Waals surface area contributed by atoms with Crippen molar-refractivity contribution in [2.24, 2.45) is 0 Å². The topological polar surface area (TPSA) is 78.4 Å². The van der Waals surface area contributed by atoms with E-state index in [1.54, 1.807) is 12.1 Å². The van der Waals surface area contributed by atoms with Crippen molar-refractivity contribution in [2.45, 2.75) is 10.8 Å². The maximum atomic E-state index is 12.4. The molecule has 0 radical (unpaired) electrons. The Labute approximate surface area is 149 Å². The first-order valence-corrected chi connectivity index (χ1v) is 10.1. The van der Waals surface area contributed by atoms with E-state index in [-0.39, 0.29) is 10.8 Å². The maximum absolute atomic E-state index is 12.4. The number of hydrogen-bond donors (Lipinski definition) is 0. The van der Waals surface area contributed by atoms with Gasteiger partial charge in [0.2, 0.25) is 9.84 Å². The second kappa shape index (κ2) is 6.45. The summed E-state index contributed by atoms with van der Waals surface area (Å²) in [7, 11) is -3.50. The van der Waals surface area contributed by atoms with Crippen molar-refractivity contribution in [3.8, 4) is 22.8 Å². The summed E-state index contributed by atoms with van der Waals surface area (Å²) in [4.78, 5) is 8.37. The Hall–Kier alpha value is -2.45. The first kappa shape index (κ1) is 16.0. The Balaban J connectivity index is 1.58. The molecule has 0 aliphatic carbocycles. The van der Waals surface area contributed by atoms with Crippen molar-refractivity contribution < 1.29 is 17.9 Å². The van der Waals surface area contributed by atoms with Crippen molar-refractivity contribution in [1.29, 1.82) is 0 Å². The molecule has 3 heterocycles. The zero-order valence-corrected chi connectivity index (χ0v) is 14.7. The highest BCUT2D eigenvalue weighted by Crippen LogP contribution is 2.35. The molecule has 0 atom stereocenters. The van der Waals surface area contributed by atoms with Gasteiger partial charge in [-0.25, -0.2) is 18.4 Å². The molecule has 0 N–H and O–H groups in total. The molecule has 128 valence electrons. The van der Waals surface area contributed by atoms with Gasteiger partial charge in [0, 0.05) is 17.1 Å². The fourth-order valence-electron chi connectivity index (χ4n) is 2.48. The van der Waals surface area contributed by atoms with Crippen molar-refractivity contribution in [2.75, 3.05) is 13.2 Å². The molecule has 0 saturated heterocycles. The highest BCUT2D eigenvalue weighted by molar-refractivity contribution is 7.90. The molecule has 0 amide bonds. The fourth-order valence-corrected chi connectivity index (χ4v) is 4.85.